The molecule has 6 heterocycles. The van der Waals surface area contributed by atoms with Gasteiger partial charge in [-0.2, -0.15) is 0 Å². The molecule has 64 heavy (non-hydrogen) atoms. The molecular formula is C52H60O7S3Si2. The maximum atomic E-state index is 13.0. The number of hydrogen-bond donors (Lipinski definition) is 0. The van der Waals surface area contributed by atoms with Crippen molar-refractivity contribution in [2.45, 2.75) is 122 Å². The van der Waals surface area contributed by atoms with Gasteiger partial charge in [-0.05, 0) is 43.0 Å². The summed E-state index contributed by atoms with van der Waals surface area (Å²) in [5, 5.41) is 3.85. The van der Waals surface area contributed by atoms with Crippen LogP contribution in [0.15, 0.2) is 157 Å². The van der Waals surface area contributed by atoms with Gasteiger partial charge in [0.25, 0.3) is 16.6 Å². The van der Waals surface area contributed by atoms with Crippen LogP contribution in [0, 0.1) is 0 Å². The summed E-state index contributed by atoms with van der Waals surface area (Å²) in [6, 6.07) is 53.6. The Kier molecular flexibility index (Phi) is 13.5. The van der Waals surface area contributed by atoms with E-state index in [1.165, 1.54) is 17.3 Å². The van der Waals surface area contributed by atoms with E-state index in [-0.39, 0.29) is 44.2 Å². The van der Waals surface area contributed by atoms with Crippen LogP contribution in [0.3, 0.4) is 0 Å². The monoisotopic (exact) mass is 948 g/mol. The lowest BCUT2D eigenvalue weighted by Gasteiger charge is -2.58. The molecule has 0 saturated carbocycles. The van der Waals surface area contributed by atoms with Gasteiger partial charge >= 0.3 is 5.97 Å². The molecule has 12 heteroatoms. The molecule has 6 aliphatic rings. The average Bonchev–Trinajstić information content (AvgIpc) is 3.29. The van der Waals surface area contributed by atoms with E-state index in [1.807, 2.05) is 11.8 Å². The smallest absolute Gasteiger partial charge is 0.303 e. The van der Waals surface area contributed by atoms with Gasteiger partial charge < -0.3 is 27.8 Å². The largest absolute Gasteiger partial charge is 0.457 e. The van der Waals surface area contributed by atoms with Crippen LogP contribution < -0.4 is 20.7 Å². The zero-order valence-corrected chi connectivity index (χ0v) is 42.2. The molecule has 5 aromatic carbocycles. The van der Waals surface area contributed by atoms with E-state index in [0.29, 0.717) is 5.75 Å². The second-order valence-corrected chi connectivity index (χ2v) is 31.4. The maximum Gasteiger partial charge on any atom is 0.303 e. The lowest BCUT2D eigenvalue weighted by atomic mass is 9.99. The topological polar surface area (TPSA) is 72.5 Å². The normalized spacial score (nSPS) is 28.2. The predicted octanol–water partition coefficient (Wildman–Crippen LogP) is 8.67. The van der Waals surface area contributed by atoms with Gasteiger partial charge in [-0.1, -0.05) is 193 Å². The first-order chi connectivity index (χ1) is 30.8. The van der Waals surface area contributed by atoms with Crippen LogP contribution in [0.5, 0.6) is 0 Å². The first-order valence-corrected chi connectivity index (χ1v) is 29.3. The number of fused-ring (bicyclic) bond motifs is 6. The summed E-state index contributed by atoms with van der Waals surface area (Å²) in [6.45, 7) is 15.3. The minimum Gasteiger partial charge on any atom is -0.457 e. The minimum absolute atomic E-state index is 0.0479. The molecule has 0 spiro atoms. The Balaban J connectivity index is 1.13. The number of thioether (sulfide) groups is 3. The molecule has 4 bridgehead atoms. The van der Waals surface area contributed by atoms with E-state index in [2.05, 4.69) is 193 Å². The first-order valence-electron chi connectivity index (χ1n) is 22.5. The average molecular weight is 949 g/mol. The third-order valence-electron chi connectivity index (χ3n) is 13.1. The van der Waals surface area contributed by atoms with Gasteiger partial charge in [0, 0.05) is 23.3 Å². The molecule has 6 fully saturated rings. The van der Waals surface area contributed by atoms with Crippen LogP contribution in [-0.2, 0) is 32.6 Å². The molecule has 7 nitrogen and oxygen atoms in total. The molecule has 336 valence electrons. The number of carbonyl (C=O) groups is 1. The van der Waals surface area contributed by atoms with Crippen molar-refractivity contribution in [3.8, 4) is 0 Å². The molecule has 5 aromatic rings. The van der Waals surface area contributed by atoms with E-state index < -0.39 is 47.3 Å². The van der Waals surface area contributed by atoms with E-state index in [4.69, 9.17) is 27.8 Å². The molecule has 0 aliphatic carbocycles. The van der Waals surface area contributed by atoms with E-state index >= 15 is 0 Å². The van der Waals surface area contributed by atoms with Gasteiger partial charge in [-0.25, -0.2) is 0 Å². The van der Waals surface area contributed by atoms with Crippen molar-refractivity contribution < 1.29 is 32.6 Å². The third-order valence-corrected chi connectivity index (χ3v) is 27.4. The molecule has 0 radical (unpaired) electrons. The number of rotatable bonds is 13. The van der Waals surface area contributed by atoms with E-state index in [0.717, 1.165) is 21.0 Å². The second kappa shape index (κ2) is 18.9. The quantitative estimate of drug-likeness (QED) is 0.0847. The molecule has 0 N–H and O–H groups in total. The molecule has 6 aliphatic heterocycles. The zero-order chi connectivity index (χ0) is 44.7. The Bertz CT molecular complexity index is 2240. The Morgan fingerprint density at radius 2 is 0.938 bits per heavy atom. The molecule has 0 unspecified atom stereocenters. The van der Waals surface area contributed by atoms with Crippen molar-refractivity contribution in [2.24, 2.45) is 0 Å². The summed E-state index contributed by atoms with van der Waals surface area (Å²) in [5.41, 5.74) is -0.160. The highest BCUT2D eigenvalue weighted by molar-refractivity contribution is 8.04. The summed E-state index contributed by atoms with van der Waals surface area (Å²) in [6.07, 6.45) is -3.33. The van der Waals surface area contributed by atoms with Gasteiger partial charge in [-0.15, -0.1) is 23.5 Å². The lowest BCUT2D eigenvalue weighted by Crippen LogP contribution is -2.75. The van der Waals surface area contributed by atoms with Crippen LogP contribution in [-0.4, -0.2) is 93.0 Å². The SMILES string of the molecule is CC(=O)O[C@H]1[C@H](O[Si](c2ccccc2)(c2ccccc2)C(C)(C)C)[C@@H]2SC[C@H]1O[C@@H]2O[C@H]1[C@H](O[Si](c2ccccc2)(c2ccccc2)C(C)(C)C)[C@@H]2SC[C@H]1O[C@@H]2Sc1ccccc1. The number of esters is 1. The van der Waals surface area contributed by atoms with Gasteiger partial charge in [0.05, 0.1) is 22.7 Å². The lowest BCUT2D eigenvalue weighted by molar-refractivity contribution is -0.287. The van der Waals surface area contributed by atoms with Gasteiger partial charge in [0.1, 0.15) is 23.7 Å². The molecule has 6 saturated heterocycles. The fraction of sp³-hybridized carbons (Fsp3) is 0.404. The van der Waals surface area contributed by atoms with Crippen LogP contribution in [0.4, 0.5) is 0 Å². The zero-order valence-electron chi connectivity index (χ0n) is 37.7. The minimum atomic E-state index is -3.12. The van der Waals surface area contributed by atoms with E-state index in [1.54, 1.807) is 23.5 Å². The van der Waals surface area contributed by atoms with Gasteiger partial charge in [0.2, 0.25) is 0 Å². The fourth-order valence-corrected chi connectivity index (χ4v) is 24.1. The Hall–Kier alpha value is -3.15. The van der Waals surface area contributed by atoms with Crippen LogP contribution >= 0.6 is 35.3 Å². The van der Waals surface area contributed by atoms with Crippen molar-refractivity contribution >= 4 is 78.6 Å². The molecule has 0 aromatic heterocycles. The summed E-state index contributed by atoms with van der Waals surface area (Å²) < 4.78 is 43.9. The Labute approximate surface area is 394 Å². The fourth-order valence-electron chi connectivity index (χ4n) is 10.3. The molecule has 0 amide bonds. The van der Waals surface area contributed by atoms with Gasteiger partial charge in [0.15, 0.2) is 12.4 Å². The van der Waals surface area contributed by atoms with Crippen molar-refractivity contribution in [1.82, 2.24) is 0 Å². The maximum absolute atomic E-state index is 13.0. The summed E-state index contributed by atoms with van der Waals surface area (Å²) in [7, 11) is -6.19. The van der Waals surface area contributed by atoms with Crippen LogP contribution in [0.1, 0.15) is 48.5 Å². The standard InChI is InChI=1S/C52H60O7S3Si2/c1-35(53)54-43-41-33-60-47(45(43)58-63(51(2,3)4,37-25-15-9-16-26-37)38-27-17-10-18-28-38)49(55-41)57-44-42-34-61-48(50(56-42)62-36-23-13-8-14-24-36)46(44)59-64(52(5,6)7,39-29-19-11-20-30-39)40-31-21-12-22-32-40/h8-32,41-50H,33-34H2,1-7H3/t41-,42-,43-,44-,45+,46+,47+,48+,49-,50-/m1/s1. The van der Waals surface area contributed by atoms with Gasteiger partial charge in [-0.3, -0.25) is 4.79 Å². The molecular weight excluding hydrogens is 889 g/mol. The number of carbonyl (C=O) groups excluding carboxylic acids is 1. The molecule has 10 atom stereocenters. The highest BCUT2D eigenvalue weighted by Gasteiger charge is 2.63. The third kappa shape index (κ3) is 8.66. The van der Waals surface area contributed by atoms with E-state index in [9.17, 15) is 4.79 Å². The first kappa shape index (κ1) is 46.0. The second-order valence-electron chi connectivity index (χ2n) is 19.3. The highest BCUT2D eigenvalue weighted by atomic mass is 32.2. The number of benzene rings is 5. The summed E-state index contributed by atoms with van der Waals surface area (Å²) in [5.74, 6) is 1.08. The van der Waals surface area contributed by atoms with Crippen molar-refractivity contribution in [3.05, 3.63) is 152 Å². The highest BCUT2D eigenvalue weighted by Crippen LogP contribution is 2.51. The predicted molar refractivity (Wildman–Crippen MR) is 268 cm³/mol. The van der Waals surface area contributed by atoms with Crippen LogP contribution in [0.2, 0.25) is 10.1 Å². The Morgan fingerprint density at radius 1 is 0.547 bits per heavy atom. The van der Waals surface area contributed by atoms with Crippen molar-refractivity contribution in [1.29, 1.82) is 0 Å². The molecule has 11 rings (SSSR count). The summed E-state index contributed by atoms with van der Waals surface area (Å²) in [4.78, 5) is 14.1. The number of hydrogen-bond acceptors (Lipinski definition) is 10. The summed E-state index contributed by atoms with van der Waals surface area (Å²) >= 11 is 5.50. The van der Waals surface area contributed by atoms with Crippen molar-refractivity contribution in [3.63, 3.8) is 0 Å². The van der Waals surface area contributed by atoms with Crippen LogP contribution in [0.25, 0.3) is 0 Å². The Morgan fingerprint density at radius 3 is 1.36 bits per heavy atom. The number of ether oxygens (including phenoxy) is 4. The van der Waals surface area contributed by atoms with Crippen molar-refractivity contribution in [2.75, 3.05) is 11.5 Å².